The Bertz CT molecular complexity index is 1080. The topological polar surface area (TPSA) is 35.5 Å². The van der Waals surface area contributed by atoms with Crippen LogP contribution in [-0.2, 0) is 22.0 Å². The quantitative estimate of drug-likeness (QED) is 0.376. The number of carbonyl (C=O) groups is 1. The highest BCUT2D eigenvalue weighted by molar-refractivity contribution is 5.91. The zero-order valence-corrected chi connectivity index (χ0v) is 18.2. The summed E-state index contributed by atoms with van der Waals surface area (Å²) in [7, 11) is 0. The molecular formula is C27H28O3. The minimum Gasteiger partial charge on any atom is -0.444 e. The molecule has 2 aromatic carbocycles. The standard InChI is InChI=1S/C27H28O3/c1-6-9-19-10-7-8-11-20(19)25(28)30-23-13-12-18-16-21-24(22(17-18)29-23)27(4,5)15-14-26(21,2)3/h6-8,10-11,16-17,23H,1,9,14-15H2,2-5H3. The van der Waals surface area contributed by atoms with E-state index < -0.39 is 12.3 Å². The normalized spacial score (nSPS) is 19.9. The lowest BCUT2D eigenvalue weighted by Crippen LogP contribution is -2.35. The molecule has 2 aliphatic rings. The maximum absolute atomic E-state index is 12.9. The highest BCUT2D eigenvalue weighted by Gasteiger charge is 2.40. The summed E-state index contributed by atoms with van der Waals surface area (Å²) in [5.41, 5.74) is 4.81. The average Bonchev–Trinajstić information content (AvgIpc) is 2.84. The molecule has 0 N–H and O–H groups in total. The third-order valence-corrected chi connectivity index (χ3v) is 6.27. The fourth-order valence-corrected chi connectivity index (χ4v) is 4.45. The maximum atomic E-state index is 12.9. The summed E-state index contributed by atoms with van der Waals surface area (Å²) in [5.74, 6) is 6.45. The lowest BCUT2D eigenvalue weighted by molar-refractivity contribution is -0.0174. The second-order valence-electron chi connectivity index (χ2n) is 9.44. The second kappa shape index (κ2) is 7.36. The maximum Gasteiger partial charge on any atom is 0.342 e. The zero-order chi connectivity index (χ0) is 21.5. The summed E-state index contributed by atoms with van der Waals surface area (Å²) in [5, 5.41) is 0. The number of hydrogen-bond donors (Lipinski definition) is 0. The van der Waals surface area contributed by atoms with Crippen molar-refractivity contribution in [2.24, 2.45) is 0 Å². The molecule has 2 bridgehead atoms. The van der Waals surface area contributed by atoms with Crippen LogP contribution in [0.2, 0.25) is 0 Å². The van der Waals surface area contributed by atoms with Gasteiger partial charge in [0.25, 0.3) is 0 Å². The first-order valence-corrected chi connectivity index (χ1v) is 10.5. The summed E-state index contributed by atoms with van der Waals surface area (Å²) >= 11 is 0. The molecule has 3 heteroatoms. The van der Waals surface area contributed by atoms with Gasteiger partial charge in [-0.3, -0.25) is 0 Å². The molecule has 154 valence electrons. The highest BCUT2D eigenvalue weighted by Crippen LogP contribution is 2.50. The zero-order valence-electron chi connectivity index (χ0n) is 18.2. The van der Waals surface area contributed by atoms with E-state index in [0.29, 0.717) is 12.0 Å². The lowest BCUT2D eigenvalue weighted by atomic mass is 9.62. The molecule has 0 aromatic heterocycles. The van der Waals surface area contributed by atoms with Crippen LogP contribution in [0.3, 0.4) is 0 Å². The molecule has 1 heterocycles. The van der Waals surface area contributed by atoms with E-state index in [1.54, 1.807) is 12.1 Å². The van der Waals surface area contributed by atoms with Crippen molar-refractivity contribution in [2.75, 3.05) is 0 Å². The van der Waals surface area contributed by atoms with E-state index in [-0.39, 0.29) is 10.8 Å². The third-order valence-electron chi connectivity index (χ3n) is 6.27. The van der Waals surface area contributed by atoms with Crippen molar-refractivity contribution in [2.45, 2.75) is 64.1 Å². The SMILES string of the molecule is C=CCc1ccccc1C(=O)OC1C#Cc2cc(c3c(c2)C(C)(C)CCC3(C)C)O1. The van der Waals surface area contributed by atoms with Crippen LogP contribution in [0.1, 0.15) is 73.1 Å². The molecule has 1 aliphatic carbocycles. The number of ether oxygens (including phenoxy) is 2. The van der Waals surface area contributed by atoms with Gasteiger partial charge in [-0.15, -0.1) is 6.58 Å². The van der Waals surface area contributed by atoms with Crippen LogP contribution in [0.25, 0.3) is 0 Å². The van der Waals surface area contributed by atoms with Crippen LogP contribution in [0, 0.1) is 11.8 Å². The van der Waals surface area contributed by atoms with Crippen LogP contribution in [0.4, 0.5) is 0 Å². The molecule has 2 aromatic rings. The van der Waals surface area contributed by atoms with Gasteiger partial charge in [-0.25, -0.2) is 4.79 Å². The van der Waals surface area contributed by atoms with E-state index in [1.165, 1.54) is 11.1 Å². The number of hydrogen-bond acceptors (Lipinski definition) is 3. The van der Waals surface area contributed by atoms with Crippen molar-refractivity contribution in [1.82, 2.24) is 0 Å². The molecule has 3 nitrogen and oxygen atoms in total. The van der Waals surface area contributed by atoms with E-state index in [1.807, 2.05) is 24.3 Å². The average molecular weight is 401 g/mol. The Labute approximate surface area is 179 Å². The van der Waals surface area contributed by atoms with Gasteiger partial charge in [0.1, 0.15) is 5.75 Å². The smallest absolute Gasteiger partial charge is 0.342 e. The van der Waals surface area contributed by atoms with E-state index >= 15 is 0 Å². The minimum atomic E-state index is -0.945. The number of carbonyl (C=O) groups excluding carboxylic acids is 1. The predicted molar refractivity (Wildman–Crippen MR) is 119 cm³/mol. The fourth-order valence-electron chi connectivity index (χ4n) is 4.45. The second-order valence-corrected chi connectivity index (χ2v) is 9.44. The molecule has 0 saturated heterocycles. The van der Waals surface area contributed by atoms with Crippen LogP contribution in [0.15, 0.2) is 49.1 Å². The van der Waals surface area contributed by atoms with Crippen molar-refractivity contribution in [3.05, 3.63) is 76.9 Å². The Hall–Kier alpha value is -2.99. The fraction of sp³-hybridized carbons (Fsp3) is 0.370. The molecule has 1 aliphatic heterocycles. The molecule has 1 atom stereocenters. The summed E-state index contributed by atoms with van der Waals surface area (Å²) in [6.07, 6.45) is 3.61. The summed E-state index contributed by atoms with van der Waals surface area (Å²) in [4.78, 5) is 12.9. The van der Waals surface area contributed by atoms with Gasteiger partial charge >= 0.3 is 12.3 Å². The third kappa shape index (κ3) is 3.63. The van der Waals surface area contributed by atoms with Gasteiger partial charge in [0, 0.05) is 11.1 Å². The molecular weight excluding hydrogens is 372 g/mol. The van der Waals surface area contributed by atoms with Gasteiger partial charge in [0.2, 0.25) is 0 Å². The molecule has 0 saturated carbocycles. The van der Waals surface area contributed by atoms with Gasteiger partial charge in [-0.2, -0.15) is 0 Å². The lowest BCUT2D eigenvalue weighted by Gasteiger charge is -2.42. The van der Waals surface area contributed by atoms with Crippen LogP contribution in [0.5, 0.6) is 5.75 Å². The van der Waals surface area contributed by atoms with E-state index in [2.05, 4.69) is 52.2 Å². The molecule has 0 radical (unpaired) electrons. The first-order chi connectivity index (χ1) is 14.2. The Morgan fingerprint density at radius 1 is 1.20 bits per heavy atom. The van der Waals surface area contributed by atoms with Crippen molar-refractivity contribution in [3.8, 4) is 17.6 Å². The van der Waals surface area contributed by atoms with Gasteiger partial charge in [0.05, 0.1) is 5.56 Å². The minimum absolute atomic E-state index is 0.0197. The number of rotatable bonds is 4. The van der Waals surface area contributed by atoms with Gasteiger partial charge < -0.3 is 9.47 Å². The van der Waals surface area contributed by atoms with Crippen LogP contribution >= 0.6 is 0 Å². The summed E-state index contributed by atoms with van der Waals surface area (Å²) < 4.78 is 11.9. The molecule has 0 spiro atoms. The first kappa shape index (κ1) is 20.3. The number of benzene rings is 2. The van der Waals surface area contributed by atoms with Crippen molar-refractivity contribution < 1.29 is 14.3 Å². The monoisotopic (exact) mass is 400 g/mol. The largest absolute Gasteiger partial charge is 0.444 e. The van der Waals surface area contributed by atoms with Gasteiger partial charge in [-0.05, 0) is 65.3 Å². The molecule has 30 heavy (non-hydrogen) atoms. The summed E-state index contributed by atoms with van der Waals surface area (Å²) in [6.45, 7) is 12.8. The Kier molecular flexibility index (Phi) is 4.98. The molecule has 1 unspecified atom stereocenters. The Morgan fingerprint density at radius 2 is 1.93 bits per heavy atom. The number of fused-ring (bicyclic) bond motifs is 4. The summed E-state index contributed by atoms with van der Waals surface area (Å²) in [6, 6.07) is 11.6. The van der Waals surface area contributed by atoms with Crippen LogP contribution in [-0.4, -0.2) is 12.3 Å². The Morgan fingerprint density at radius 3 is 2.70 bits per heavy atom. The highest BCUT2D eigenvalue weighted by atomic mass is 16.7. The van der Waals surface area contributed by atoms with Gasteiger partial charge in [0.15, 0.2) is 0 Å². The van der Waals surface area contributed by atoms with E-state index in [9.17, 15) is 4.79 Å². The molecule has 0 fully saturated rings. The molecule has 0 amide bonds. The van der Waals surface area contributed by atoms with Crippen molar-refractivity contribution >= 4 is 5.97 Å². The van der Waals surface area contributed by atoms with Gasteiger partial charge in [-0.1, -0.05) is 57.9 Å². The van der Waals surface area contributed by atoms with E-state index in [0.717, 1.165) is 29.7 Å². The first-order valence-electron chi connectivity index (χ1n) is 10.5. The number of esters is 1. The van der Waals surface area contributed by atoms with Crippen molar-refractivity contribution in [1.29, 1.82) is 0 Å². The van der Waals surface area contributed by atoms with Crippen molar-refractivity contribution in [3.63, 3.8) is 0 Å². The molecule has 4 rings (SSSR count). The van der Waals surface area contributed by atoms with Crippen LogP contribution < -0.4 is 4.74 Å². The number of allylic oxidation sites excluding steroid dienone is 1. The predicted octanol–water partition coefficient (Wildman–Crippen LogP) is 5.69. The van der Waals surface area contributed by atoms with E-state index in [4.69, 9.17) is 9.47 Å². The Balaban J connectivity index is 1.67.